The quantitative estimate of drug-likeness (QED) is 0.596. The van der Waals surface area contributed by atoms with Crippen LogP contribution in [0.2, 0.25) is 0 Å². The number of likely N-dealkylation sites (tertiary alicyclic amines) is 1. The number of piperidine rings is 1. The second kappa shape index (κ2) is 9.55. The fraction of sp³-hybridized carbons (Fsp3) is 0.280. The average Bonchev–Trinajstić information content (AvgIpc) is 3.35. The summed E-state index contributed by atoms with van der Waals surface area (Å²) >= 11 is 0. The zero-order valence-electron chi connectivity index (χ0n) is 17.0. The maximum atomic E-state index is 12.7. The van der Waals surface area contributed by atoms with Crippen molar-refractivity contribution in [3.8, 4) is 0 Å². The van der Waals surface area contributed by atoms with Crippen molar-refractivity contribution in [2.75, 3.05) is 19.6 Å². The molecular formula is C25H27N2O3+. The van der Waals surface area contributed by atoms with E-state index in [1.54, 1.807) is 42.7 Å². The van der Waals surface area contributed by atoms with Gasteiger partial charge in [-0.3, -0.25) is 9.59 Å². The van der Waals surface area contributed by atoms with Crippen molar-refractivity contribution in [2.24, 2.45) is 0 Å². The molecule has 2 N–H and O–H groups in total. The van der Waals surface area contributed by atoms with Gasteiger partial charge in [-0.2, -0.15) is 0 Å². The van der Waals surface area contributed by atoms with Crippen LogP contribution in [0.4, 0.5) is 0 Å². The van der Waals surface area contributed by atoms with Crippen LogP contribution in [-0.2, 0) is 0 Å². The predicted molar refractivity (Wildman–Crippen MR) is 115 cm³/mol. The lowest BCUT2D eigenvalue weighted by atomic mass is 10.0. The minimum Gasteiger partial charge on any atom is -0.463 e. The summed E-state index contributed by atoms with van der Waals surface area (Å²) in [5.41, 5.74) is 1.76. The lowest BCUT2D eigenvalue weighted by Gasteiger charge is -2.30. The third kappa shape index (κ3) is 4.69. The van der Waals surface area contributed by atoms with Crippen molar-refractivity contribution in [3.63, 3.8) is 0 Å². The van der Waals surface area contributed by atoms with Crippen molar-refractivity contribution in [2.45, 2.75) is 25.3 Å². The molecule has 0 bridgehead atoms. The molecule has 0 radical (unpaired) electrons. The smallest absolute Gasteiger partial charge is 0.251 e. The molecule has 5 nitrogen and oxygen atoms in total. The summed E-state index contributed by atoms with van der Waals surface area (Å²) in [6, 6.07) is 20.0. The minimum absolute atomic E-state index is 0.0471. The minimum atomic E-state index is -0.137. The number of benzene rings is 2. The molecule has 0 spiro atoms. The van der Waals surface area contributed by atoms with Gasteiger partial charge < -0.3 is 14.6 Å². The molecule has 1 fully saturated rings. The van der Waals surface area contributed by atoms with Crippen LogP contribution in [0.5, 0.6) is 0 Å². The van der Waals surface area contributed by atoms with E-state index >= 15 is 0 Å². The summed E-state index contributed by atoms with van der Waals surface area (Å²) in [7, 11) is 0. The van der Waals surface area contributed by atoms with Gasteiger partial charge in [0, 0.05) is 16.7 Å². The van der Waals surface area contributed by atoms with Crippen molar-refractivity contribution >= 4 is 11.7 Å². The van der Waals surface area contributed by atoms with Gasteiger partial charge in [0.05, 0.1) is 25.9 Å². The molecule has 1 aliphatic heterocycles. The van der Waals surface area contributed by atoms with Crippen molar-refractivity contribution in [3.05, 3.63) is 95.4 Å². The zero-order chi connectivity index (χ0) is 20.8. The number of amides is 1. The Morgan fingerprint density at radius 2 is 1.50 bits per heavy atom. The molecule has 0 unspecified atom stereocenters. The fourth-order valence-corrected chi connectivity index (χ4v) is 4.12. The number of nitrogens with one attached hydrogen (secondary N) is 2. The van der Waals surface area contributed by atoms with Crippen LogP contribution in [0.1, 0.15) is 57.3 Å². The molecule has 1 amide bonds. The maximum absolute atomic E-state index is 12.7. The van der Waals surface area contributed by atoms with Gasteiger partial charge in [-0.05, 0) is 43.5 Å². The van der Waals surface area contributed by atoms with E-state index in [1.807, 2.05) is 30.3 Å². The molecule has 1 aromatic heterocycles. The number of hydrogen-bond acceptors (Lipinski definition) is 3. The Bertz CT molecular complexity index is 959. The number of hydrogen-bond donors (Lipinski definition) is 2. The highest BCUT2D eigenvalue weighted by Gasteiger charge is 2.28. The predicted octanol–water partition coefficient (Wildman–Crippen LogP) is 3.05. The Labute approximate surface area is 176 Å². The van der Waals surface area contributed by atoms with Gasteiger partial charge >= 0.3 is 0 Å². The number of carbonyl (C=O) groups is 2. The van der Waals surface area contributed by atoms with E-state index in [0.717, 1.165) is 18.8 Å². The van der Waals surface area contributed by atoms with Gasteiger partial charge in [0.25, 0.3) is 5.91 Å². The molecule has 30 heavy (non-hydrogen) atoms. The Hall–Kier alpha value is -3.18. The molecular weight excluding hydrogens is 376 g/mol. The first-order chi connectivity index (χ1) is 14.7. The summed E-state index contributed by atoms with van der Waals surface area (Å²) in [5.74, 6) is 0.729. The van der Waals surface area contributed by atoms with Crippen LogP contribution in [0, 0.1) is 0 Å². The molecule has 1 aliphatic rings. The Kier molecular flexibility index (Phi) is 6.40. The van der Waals surface area contributed by atoms with Gasteiger partial charge in [-0.1, -0.05) is 42.5 Å². The van der Waals surface area contributed by atoms with E-state index in [-0.39, 0.29) is 17.7 Å². The zero-order valence-corrected chi connectivity index (χ0v) is 17.0. The van der Waals surface area contributed by atoms with E-state index in [2.05, 4.69) is 5.32 Å². The number of furan rings is 1. The monoisotopic (exact) mass is 403 g/mol. The van der Waals surface area contributed by atoms with Crippen molar-refractivity contribution < 1.29 is 18.9 Å². The summed E-state index contributed by atoms with van der Waals surface area (Å²) in [5, 5.41) is 3.06. The van der Waals surface area contributed by atoms with E-state index in [9.17, 15) is 9.59 Å². The van der Waals surface area contributed by atoms with Crippen LogP contribution in [0.25, 0.3) is 0 Å². The second-order valence-electron chi connectivity index (χ2n) is 7.77. The SMILES string of the molecule is O=C(NC[C@@H](c1ccco1)[NH+]1CCCCC1)c1ccc(C(=O)c2ccccc2)cc1. The first kappa shape index (κ1) is 20.1. The average molecular weight is 404 g/mol. The molecule has 2 aromatic carbocycles. The fourth-order valence-electron chi connectivity index (χ4n) is 4.12. The molecule has 1 saturated heterocycles. The lowest BCUT2D eigenvalue weighted by Crippen LogP contribution is -3.13. The number of carbonyl (C=O) groups excluding carboxylic acids is 2. The largest absolute Gasteiger partial charge is 0.463 e. The Morgan fingerprint density at radius 1 is 0.833 bits per heavy atom. The normalized spacial score (nSPS) is 15.5. The van der Waals surface area contributed by atoms with Gasteiger partial charge in [0.15, 0.2) is 17.6 Å². The van der Waals surface area contributed by atoms with Crippen molar-refractivity contribution in [1.82, 2.24) is 5.32 Å². The van der Waals surface area contributed by atoms with Crippen molar-refractivity contribution in [1.29, 1.82) is 0 Å². The Morgan fingerprint density at radius 3 is 2.17 bits per heavy atom. The van der Waals surface area contributed by atoms with Gasteiger partial charge in [0.2, 0.25) is 0 Å². The maximum Gasteiger partial charge on any atom is 0.251 e. The molecule has 0 saturated carbocycles. The topological polar surface area (TPSA) is 63.8 Å². The Balaban J connectivity index is 1.41. The van der Waals surface area contributed by atoms with Crippen LogP contribution in [-0.4, -0.2) is 31.3 Å². The molecule has 5 heteroatoms. The first-order valence-corrected chi connectivity index (χ1v) is 10.6. The molecule has 154 valence electrons. The van der Waals surface area contributed by atoms with E-state index in [1.165, 1.54) is 24.2 Å². The lowest BCUT2D eigenvalue weighted by molar-refractivity contribution is -0.936. The highest BCUT2D eigenvalue weighted by atomic mass is 16.3. The number of quaternary nitrogens is 1. The summed E-state index contributed by atoms with van der Waals surface area (Å²) in [6.07, 6.45) is 5.37. The standard InChI is InChI=1S/C25H26N2O3/c28-24(19-8-3-1-4-9-19)20-11-13-21(14-12-20)25(29)26-18-22(23-10-7-17-30-23)27-15-5-2-6-16-27/h1,3-4,7-14,17,22H,2,5-6,15-16,18H2,(H,26,29)/p+1/t22-/m0/s1. The summed E-state index contributed by atoms with van der Waals surface area (Å²) in [4.78, 5) is 26.7. The third-order valence-electron chi connectivity index (χ3n) is 5.79. The molecule has 0 aliphatic carbocycles. The third-order valence-corrected chi connectivity index (χ3v) is 5.79. The van der Waals surface area contributed by atoms with E-state index in [0.29, 0.717) is 23.2 Å². The summed E-state index contributed by atoms with van der Waals surface area (Å²) in [6.45, 7) is 2.71. The summed E-state index contributed by atoms with van der Waals surface area (Å²) < 4.78 is 5.66. The number of rotatable bonds is 7. The highest BCUT2D eigenvalue weighted by Crippen LogP contribution is 2.13. The van der Waals surface area contributed by atoms with E-state index in [4.69, 9.17) is 4.42 Å². The van der Waals surface area contributed by atoms with Gasteiger partial charge in [-0.15, -0.1) is 0 Å². The molecule has 3 aromatic rings. The van der Waals surface area contributed by atoms with Crippen LogP contribution in [0.3, 0.4) is 0 Å². The molecule has 1 atom stereocenters. The van der Waals surface area contributed by atoms with Crippen LogP contribution >= 0.6 is 0 Å². The first-order valence-electron chi connectivity index (χ1n) is 10.6. The molecule has 4 rings (SSSR count). The van der Waals surface area contributed by atoms with Crippen LogP contribution in [0.15, 0.2) is 77.4 Å². The van der Waals surface area contributed by atoms with Gasteiger partial charge in [0.1, 0.15) is 0 Å². The van der Waals surface area contributed by atoms with Gasteiger partial charge in [-0.25, -0.2) is 0 Å². The van der Waals surface area contributed by atoms with E-state index < -0.39 is 0 Å². The second-order valence-corrected chi connectivity index (χ2v) is 7.77. The highest BCUT2D eigenvalue weighted by molar-refractivity contribution is 6.09. The number of ketones is 1. The molecule has 2 heterocycles. The van der Waals surface area contributed by atoms with Crippen LogP contribution < -0.4 is 10.2 Å².